The lowest BCUT2D eigenvalue weighted by atomic mass is 10.5. The fraction of sp³-hybridized carbons (Fsp3) is 0.429. The van der Waals surface area contributed by atoms with Crippen LogP contribution in [-0.2, 0) is 14.3 Å². The van der Waals surface area contributed by atoms with E-state index in [0.717, 1.165) is 11.1 Å². The highest BCUT2D eigenvalue weighted by molar-refractivity contribution is 6.32. The van der Waals surface area contributed by atoms with Crippen LogP contribution in [-0.4, -0.2) is 37.5 Å². The Labute approximate surface area is 69.3 Å². The van der Waals surface area contributed by atoms with Gasteiger partial charge in [0, 0.05) is 14.1 Å². The van der Waals surface area contributed by atoms with Gasteiger partial charge in [0.05, 0.1) is 0 Å². The van der Waals surface area contributed by atoms with Crippen LogP contribution in [0.15, 0.2) is 0 Å². The fourth-order valence-electron chi connectivity index (χ4n) is 0.373. The maximum absolute atomic E-state index is 11.2. The summed E-state index contributed by atoms with van der Waals surface area (Å²) in [5.74, 6) is 0.00768. The summed E-state index contributed by atoms with van der Waals surface area (Å²) in [7, 11) is 2.81. The van der Waals surface area contributed by atoms with Gasteiger partial charge in [-0.15, -0.1) is 4.39 Å². The first kappa shape index (κ1) is 10.4. The van der Waals surface area contributed by atoms with Crippen molar-refractivity contribution in [1.29, 1.82) is 0 Å². The van der Waals surface area contributed by atoms with E-state index in [1.807, 2.05) is 5.92 Å². The van der Waals surface area contributed by atoms with Crippen molar-refractivity contribution in [3.63, 3.8) is 0 Å². The summed E-state index contributed by atoms with van der Waals surface area (Å²) in [5.41, 5.74) is 0. The molecule has 0 aliphatic heterocycles. The number of ether oxygens (including phenoxy) is 1. The predicted octanol–water partition coefficient (Wildman–Crippen LogP) is -0.452. The Bertz CT molecular complexity index is 239. The lowest BCUT2D eigenvalue weighted by Crippen LogP contribution is -2.31. The molecule has 0 unspecified atom stereocenters. The Kier molecular flexibility index (Phi) is 4.46. The molecule has 0 rings (SSSR count). The third-order valence-corrected chi connectivity index (χ3v) is 0.923. The molecule has 4 nitrogen and oxygen atoms in total. The highest BCUT2D eigenvalue weighted by atomic mass is 19.1. The van der Waals surface area contributed by atoms with Gasteiger partial charge >= 0.3 is 11.9 Å². The van der Waals surface area contributed by atoms with E-state index < -0.39 is 18.5 Å². The zero-order valence-electron chi connectivity index (χ0n) is 6.76. The number of esters is 1. The van der Waals surface area contributed by atoms with Gasteiger partial charge in [-0.3, -0.25) is 4.79 Å². The lowest BCUT2D eigenvalue weighted by Gasteiger charge is -2.07. The Morgan fingerprint density at radius 2 is 2.08 bits per heavy atom. The molecular formula is C7H8FNO3. The van der Waals surface area contributed by atoms with Crippen LogP contribution in [0.4, 0.5) is 4.39 Å². The van der Waals surface area contributed by atoms with E-state index in [-0.39, 0.29) is 0 Å². The van der Waals surface area contributed by atoms with Crippen LogP contribution < -0.4 is 0 Å². The molecule has 0 aromatic carbocycles. The first-order valence-electron chi connectivity index (χ1n) is 3.06. The topological polar surface area (TPSA) is 46.6 Å². The predicted molar refractivity (Wildman–Crippen MR) is 38.5 cm³/mol. The van der Waals surface area contributed by atoms with Gasteiger partial charge in [-0.25, -0.2) is 4.79 Å². The molecule has 0 aromatic heterocycles. The van der Waals surface area contributed by atoms with E-state index in [1.165, 1.54) is 14.1 Å². The third kappa shape index (κ3) is 3.56. The molecule has 0 bridgehead atoms. The van der Waals surface area contributed by atoms with Gasteiger partial charge in [-0.2, -0.15) is 0 Å². The summed E-state index contributed by atoms with van der Waals surface area (Å²) < 4.78 is 15.4. The summed E-state index contributed by atoms with van der Waals surface area (Å²) >= 11 is 0. The van der Waals surface area contributed by atoms with E-state index >= 15 is 0 Å². The number of nitrogens with zero attached hydrogens (tertiary/aromatic N) is 1. The van der Waals surface area contributed by atoms with Gasteiger partial charge in [-0.05, 0) is 5.92 Å². The van der Waals surface area contributed by atoms with Gasteiger partial charge in [0.25, 0.3) is 0 Å². The molecule has 5 heteroatoms. The molecule has 12 heavy (non-hydrogen) atoms. The molecule has 0 N–H and O–H groups in total. The molecule has 0 heterocycles. The summed E-state index contributed by atoms with van der Waals surface area (Å²) in [6.45, 7) is -0.408. The minimum atomic E-state index is -1.04. The normalized spacial score (nSPS) is 7.92. The minimum Gasteiger partial charge on any atom is -0.445 e. The molecule has 0 aliphatic rings. The number of carbonyl (C=O) groups excluding carboxylic acids is 2. The van der Waals surface area contributed by atoms with Gasteiger partial charge in [-0.1, -0.05) is 0 Å². The van der Waals surface area contributed by atoms with Crippen molar-refractivity contribution < 1.29 is 18.7 Å². The second-order valence-electron chi connectivity index (χ2n) is 2.05. The van der Waals surface area contributed by atoms with Crippen molar-refractivity contribution in [2.45, 2.75) is 0 Å². The van der Waals surface area contributed by atoms with Crippen molar-refractivity contribution in [3.8, 4) is 12.1 Å². The second-order valence-corrected chi connectivity index (χ2v) is 2.05. The first-order chi connectivity index (χ1) is 5.59. The van der Waals surface area contributed by atoms with Gasteiger partial charge < -0.3 is 9.64 Å². The van der Waals surface area contributed by atoms with Gasteiger partial charge in [0.1, 0.15) is 6.17 Å². The summed E-state index contributed by atoms with van der Waals surface area (Å²) in [5, 5.41) is 0. The Hall–Kier alpha value is -1.57. The number of amides is 1. The zero-order chi connectivity index (χ0) is 9.56. The van der Waals surface area contributed by atoms with Crippen LogP contribution in [0.5, 0.6) is 0 Å². The first-order valence-corrected chi connectivity index (χ1v) is 3.06. The average molecular weight is 173 g/mol. The zero-order valence-corrected chi connectivity index (χ0v) is 6.76. The number of hydrogen-bond acceptors (Lipinski definition) is 3. The summed E-state index contributed by atoms with van der Waals surface area (Å²) in [6, 6.07) is 0. The van der Waals surface area contributed by atoms with Crippen LogP contribution in [0.1, 0.15) is 0 Å². The number of likely N-dealkylation sites (N-methyl/N-ethyl adjacent to an activating group) is 1. The monoisotopic (exact) mass is 173 g/mol. The van der Waals surface area contributed by atoms with E-state index in [1.54, 1.807) is 0 Å². The minimum absolute atomic E-state index is 0.408. The fourth-order valence-corrected chi connectivity index (χ4v) is 0.373. The standard InChI is InChI=1S/C7H8FNO3/c1-9(2)6(10)7(11)12-5-3-4-8/h5H2,1-2H3. The van der Waals surface area contributed by atoms with Crippen molar-refractivity contribution in [3.05, 3.63) is 0 Å². The number of halogens is 1. The lowest BCUT2D eigenvalue weighted by molar-refractivity contribution is -0.157. The van der Waals surface area contributed by atoms with Crippen LogP contribution >= 0.6 is 0 Å². The molecule has 0 saturated heterocycles. The molecule has 0 aromatic rings. The molecule has 0 radical (unpaired) electrons. The largest absolute Gasteiger partial charge is 0.445 e. The van der Waals surface area contributed by atoms with Crippen LogP contribution in [0.2, 0.25) is 0 Å². The van der Waals surface area contributed by atoms with E-state index in [2.05, 4.69) is 4.74 Å². The van der Waals surface area contributed by atoms with E-state index in [9.17, 15) is 14.0 Å². The van der Waals surface area contributed by atoms with Crippen molar-refractivity contribution >= 4 is 11.9 Å². The van der Waals surface area contributed by atoms with Gasteiger partial charge in [0.15, 0.2) is 6.61 Å². The van der Waals surface area contributed by atoms with Crippen LogP contribution in [0.3, 0.4) is 0 Å². The Morgan fingerprint density at radius 3 is 2.50 bits per heavy atom. The molecular weight excluding hydrogens is 165 g/mol. The van der Waals surface area contributed by atoms with Crippen LogP contribution in [0, 0.1) is 12.1 Å². The van der Waals surface area contributed by atoms with Gasteiger partial charge in [0.2, 0.25) is 0 Å². The third-order valence-electron chi connectivity index (χ3n) is 0.923. The van der Waals surface area contributed by atoms with Crippen molar-refractivity contribution in [2.75, 3.05) is 20.7 Å². The molecule has 0 fully saturated rings. The second kappa shape index (κ2) is 5.13. The molecule has 66 valence electrons. The maximum atomic E-state index is 11.2. The van der Waals surface area contributed by atoms with Crippen molar-refractivity contribution in [1.82, 2.24) is 4.90 Å². The van der Waals surface area contributed by atoms with E-state index in [4.69, 9.17) is 0 Å². The number of hydrogen-bond donors (Lipinski definition) is 0. The summed E-state index contributed by atoms with van der Waals surface area (Å²) in [4.78, 5) is 22.5. The van der Waals surface area contributed by atoms with E-state index in [0.29, 0.717) is 0 Å². The highest BCUT2D eigenvalue weighted by Crippen LogP contribution is 1.84. The number of rotatable bonds is 1. The number of carbonyl (C=O) groups is 2. The molecule has 1 amide bonds. The molecule has 0 aliphatic carbocycles. The average Bonchev–Trinajstić information content (AvgIpc) is 2.03. The summed E-state index contributed by atoms with van der Waals surface area (Å²) in [6.07, 6.45) is 1.04. The molecule has 0 spiro atoms. The Morgan fingerprint density at radius 1 is 1.50 bits per heavy atom. The smallest absolute Gasteiger partial charge is 0.397 e. The van der Waals surface area contributed by atoms with Crippen molar-refractivity contribution in [2.24, 2.45) is 0 Å². The quantitative estimate of drug-likeness (QED) is 0.306. The SMILES string of the molecule is CN(C)C(=O)C(=O)OCC#CF. The highest BCUT2D eigenvalue weighted by Gasteiger charge is 2.16. The molecule has 0 atom stereocenters. The molecule has 0 saturated carbocycles. The Balaban J connectivity index is 3.86. The maximum Gasteiger partial charge on any atom is 0.397 e. The van der Waals surface area contributed by atoms with Crippen LogP contribution in [0.25, 0.3) is 0 Å².